The molecule has 2 saturated heterocycles. The van der Waals surface area contributed by atoms with Gasteiger partial charge in [-0.2, -0.15) is 0 Å². The summed E-state index contributed by atoms with van der Waals surface area (Å²) < 4.78 is 0. The number of rotatable bonds is 4. The fourth-order valence-electron chi connectivity index (χ4n) is 5.39. The highest BCUT2D eigenvalue weighted by Crippen LogP contribution is 2.38. The number of benzene rings is 1. The highest BCUT2D eigenvalue weighted by molar-refractivity contribution is 6.30. The standard InChI is InChI=1S/C24H27ClN6O3/c25-16-8-6-15(7-9-16)17-13-27-22(26)28-20(17)18-5-1-4-12-30(18)19(32)14-31-21(33)24(29-23(31)34)10-2-3-11-24/h6-9,13,18H,1-5,10-12,14H2,(H,29,34)(H2,26,27,28). The molecule has 34 heavy (non-hydrogen) atoms. The number of nitrogen functional groups attached to an aromatic ring is 1. The summed E-state index contributed by atoms with van der Waals surface area (Å²) in [4.78, 5) is 50.6. The molecule has 1 atom stereocenters. The van der Waals surface area contributed by atoms with Crippen LogP contribution in [-0.4, -0.2) is 56.2 Å². The van der Waals surface area contributed by atoms with Crippen LogP contribution in [0.25, 0.3) is 11.1 Å². The number of aromatic nitrogens is 2. The number of nitrogens with zero attached hydrogens (tertiary/aromatic N) is 4. The summed E-state index contributed by atoms with van der Waals surface area (Å²) in [6.07, 6.45) is 7.16. The van der Waals surface area contributed by atoms with Crippen LogP contribution in [0.15, 0.2) is 30.5 Å². The number of amides is 4. The molecule has 3 aliphatic rings. The van der Waals surface area contributed by atoms with Gasteiger partial charge in [-0.05, 0) is 49.8 Å². The van der Waals surface area contributed by atoms with Gasteiger partial charge in [-0.3, -0.25) is 14.5 Å². The summed E-state index contributed by atoms with van der Waals surface area (Å²) in [5.74, 6) is -0.435. The van der Waals surface area contributed by atoms with E-state index in [2.05, 4.69) is 15.3 Å². The largest absolute Gasteiger partial charge is 0.368 e. The predicted molar refractivity (Wildman–Crippen MR) is 127 cm³/mol. The Morgan fingerprint density at radius 2 is 1.88 bits per heavy atom. The Balaban J connectivity index is 1.42. The van der Waals surface area contributed by atoms with Crippen LogP contribution in [0.2, 0.25) is 5.02 Å². The Kier molecular flexibility index (Phi) is 5.89. The Labute approximate surface area is 202 Å². The summed E-state index contributed by atoms with van der Waals surface area (Å²) in [6.45, 7) is 0.238. The van der Waals surface area contributed by atoms with Crippen LogP contribution >= 0.6 is 11.6 Å². The molecule has 1 aliphatic carbocycles. The summed E-state index contributed by atoms with van der Waals surface area (Å²) in [7, 11) is 0. The maximum absolute atomic E-state index is 13.5. The molecule has 1 aromatic heterocycles. The number of piperidine rings is 1. The Bertz CT molecular complexity index is 1130. The molecule has 178 valence electrons. The van der Waals surface area contributed by atoms with Crippen LogP contribution in [0.3, 0.4) is 0 Å². The molecule has 0 radical (unpaired) electrons. The number of likely N-dealkylation sites (tertiary alicyclic amines) is 1. The van der Waals surface area contributed by atoms with E-state index in [0.717, 1.165) is 41.7 Å². The highest BCUT2D eigenvalue weighted by Gasteiger charge is 2.53. The summed E-state index contributed by atoms with van der Waals surface area (Å²) >= 11 is 6.06. The average Bonchev–Trinajstić information content (AvgIpc) is 3.40. The third-order valence-electron chi connectivity index (χ3n) is 7.13. The lowest BCUT2D eigenvalue weighted by Crippen LogP contribution is -2.47. The van der Waals surface area contributed by atoms with Crippen LogP contribution in [-0.2, 0) is 9.59 Å². The maximum atomic E-state index is 13.5. The number of nitrogens with one attached hydrogen (secondary N) is 1. The zero-order valence-electron chi connectivity index (χ0n) is 18.8. The van der Waals surface area contributed by atoms with Gasteiger partial charge in [0.05, 0.1) is 11.7 Å². The van der Waals surface area contributed by atoms with E-state index in [1.54, 1.807) is 23.2 Å². The second-order valence-electron chi connectivity index (χ2n) is 9.24. The number of carbonyl (C=O) groups is 3. The van der Waals surface area contributed by atoms with Crippen molar-refractivity contribution in [2.45, 2.75) is 56.5 Å². The number of imide groups is 1. The number of hydrogen-bond donors (Lipinski definition) is 2. The van der Waals surface area contributed by atoms with E-state index in [1.165, 1.54) is 0 Å². The zero-order valence-corrected chi connectivity index (χ0v) is 19.6. The van der Waals surface area contributed by atoms with Crippen molar-refractivity contribution in [1.29, 1.82) is 0 Å². The number of urea groups is 1. The molecule has 1 spiro atoms. The lowest BCUT2D eigenvalue weighted by atomic mass is 9.93. The molecule has 5 rings (SSSR count). The van der Waals surface area contributed by atoms with E-state index in [9.17, 15) is 14.4 Å². The molecule has 9 nitrogen and oxygen atoms in total. The minimum absolute atomic E-state index is 0.128. The molecule has 4 amide bonds. The van der Waals surface area contributed by atoms with Gasteiger partial charge in [0.1, 0.15) is 12.1 Å². The van der Waals surface area contributed by atoms with Gasteiger partial charge in [-0.25, -0.2) is 14.8 Å². The molecule has 3 N–H and O–H groups in total. The van der Waals surface area contributed by atoms with E-state index in [-0.39, 0.29) is 30.3 Å². The molecule has 2 aliphatic heterocycles. The number of carbonyl (C=O) groups excluding carboxylic acids is 3. The first-order valence-electron chi connectivity index (χ1n) is 11.7. The molecule has 2 aromatic rings. The SMILES string of the molecule is Nc1ncc(-c2ccc(Cl)cc2)c(C2CCCCN2C(=O)CN2C(=O)NC3(CCCC3)C2=O)n1. The minimum atomic E-state index is -0.832. The number of nitrogens with two attached hydrogens (primary N) is 1. The molecule has 1 aromatic carbocycles. The van der Waals surface area contributed by atoms with Gasteiger partial charge in [0, 0.05) is 23.3 Å². The Hall–Kier alpha value is -3.20. The minimum Gasteiger partial charge on any atom is -0.368 e. The zero-order chi connectivity index (χ0) is 23.9. The second-order valence-corrected chi connectivity index (χ2v) is 9.68. The molecule has 10 heteroatoms. The fourth-order valence-corrected chi connectivity index (χ4v) is 5.52. The van der Waals surface area contributed by atoms with Gasteiger partial charge in [-0.15, -0.1) is 0 Å². The van der Waals surface area contributed by atoms with E-state index in [0.29, 0.717) is 36.5 Å². The summed E-state index contributed by atoms with van der Waals surface area (Å²) in [6, 6.07) is 6.52. The van der Waals surface area contributed by atoms with E-state index < -0.39 is 11.6 Å². The number of hydrogen-bond acceptors (Lipinski definition) is 6. The molecule has 1 unspecified atom stereocenters. The first-order chi connectivity index (χ1) is 16.4. The molecular weight excluding hydrogens is 456 g/mol. The number of halogens is 1. The van der Waals surface area contributed by atoms with E-state index in [4.69, 9.17) is 17.3 Å². The Morgan fingerprint density at radius 1 is 1.15 bits per heavy atom. The fraction of sp³-hybridized carbons (Fsp3) is 0.458. The molecule has 3 fully saturated rings. The maximum Gasteiger partial charge on any atom is 0.325 e. The van der Waals surface area contributed by atoms with Gasteiger partial charge >= 0.3 is 6.03 Å². The lowest BCUT2D eigenvalue weighted by molar-refractivity contribution is -0.141. The van der Waals surface area contributed by atoms with Crippen molar-refractivity contribution in [2.24, 2.45) is 0 Å². The van der Waals surface area contributed by atoms with E-state index in [1.807, 2.05) is 12.1 Å². The third-order valence-corrected chi connectivity index (χ3v) is 7.38. The monoisotopic (exact) mass is 482 g/mol. The van der Waals surface area contributed by atoms with Crippen molar-refractivity contribution in [3.63, 3.8) is 0 Å². The van der Waals surface area contributed by atoms with Crippen LogP contribution < -0.4 is 11.1 Å². The third kappa shape index (κ3) is 3.98. The summed E-state index contributed by atoms with van der Waals surface area (Å²) in [5.41, 5.74) is 7.41. The van der Waals surface area contributed by atoms with Crippen LogP contribution in [0.4, 0.5) is 10.7 Å². The highest BCUT2D eigenvalue weighted by atomic mass is 35.5. The van der Waals surface area contributed by atoms with Crippen LogP contribution in [0.5, 0.6) is 0 Å². The van der Waals surface area contributed by atoms with Crippen molar-refractivity contribution in [3.05, 3.63) is 41.2 Å². The van der Waals surface area contributed by atoms with Crippen molar-refractivity contribution < 1.29 is 14.4 Å². The molecule has 1 saturated carbocycles. The van der Waals surface area contributed by atoms with Gasteiger partial charge in [0.15, 0.2) is 0 Å². The Morgan fingerprint density at radius 3 is 2.62 bits per heavy atom. The lowest BCUT2D eigenvalue weighted by Gasteiger charge is -2.37. The smallest absolute Gasteiger partial charge is 0.325 e. The summed E-state index contributed by atoms with van der Waals surface area (Å²) in [5, 5.41) is 3.46. The first-order valence-corrected chi connectivity index (χ1v) is 12.1. The van der Waals surface area contributed by atoms with Crippen molar-refractivity contribution in [2.75, 3.05) is 18.8 Å². The molecular formula is C24H27ClN6O3. The molecule has 0 bridgehead atoms. The van der Waals surface area contributed by atoms with Crippen molar-refractivity contribution >= 4 is 35.4 Å². The number of anilines is 1. The van der Waals surface area contributed by atoms with Crippen molar-refractivity contribution in [3.8, 4) is 11.1 Å². The topological polar surface area (TPSA) is 122 Å². The van der Waals surface area contributed by atoms with Gasteiger partial charge in [0.2, 0.25) is 11.9 Å². The van der Waals surface area contributed by atoms with Crippen LogP contribution in [0.1, 0.15) is 56.7 Å². The first kappa shape index (κ1) is 22.6. The quantitative estimate of drug-likeness (QED) is 0.645. The second kappa shape index (κ2) is 8.87. The van der Waals surface area contributed by atoms with Gasteiger partial charge in [0.25, 0.3) is 5.91 Å². The van der Waals surface area contributed by atoms with Crippen LogP contribution in [0, 0.1) is 0 Å². The average molecular weight is 483 g/mol. The van der Waals surface area contributed by atoms with Gasteiger partial charge < -0.3 is 16.0 Å². The predicted octanol–water partition coefficient (Wildman–Crippen LogP) is 3.30. The molecule has 3 heterocycles. The van der Waals surface area contributed by atoms with Gasteiger partial charge in [-0.1, -0.05) is 36.6 Å². The van der Waals surface area contributed by atoms with E-state index >= 15 is 0 Å². The van der Waals surface area contributed by atoms with Crippen molar-refractivity contribution in [1.82, 2.24) is 25.1 Å². The normalized spacial score (nSPS) is 21.9.